The van der Waals surface area contributed by atoms with Gasteiger partial charge in [0.25, 0.3) is 0 Å². The number of carbonyl (C=O) groups excluding carboxylic acids is 1. The fourth-order valence-corrected chi connectivity index (χ4v) is 2.17. The van der Waals surface area contributed by atoms with Crippen molar-refractivity contribution in [1.29, 1.82) is 0 Å². The summed E-state index contributed by atoms with van der Waals surface area (Å²) in [6.45, 7) is 0. The number of aromatic hydroxyl groups is 1. The van der Waals surface area contributed by atoms with Crippen molar-refractivity contribution in [3.63, 3.8) is 0 Å². The standard InChI is InChI=1S/C17H11ClO3/c18-13-9-11(5-7-14(13)19)6-8-15(20)17-10-12-3-1-2-4-16(12)21-17/h1-10,19H/b8-6+. The van der Waals surface area contributed by atoms with Gasteiger partial charge >= 0.3 is 0 Å². The molecule has 0 aliphatic rings. The molecule has 1 N–H and O–H groups in total. The second-order valence-corrected chi connectivity index (χ2v) is 4.96. The van der Waals surface area contributed by atoms with Crippen molar-refractivity contribution in [1.82, 2.24) is 0 Å². The quantitative estimate of drug-likeness (QED) is 0.564. The predicted octanol–water partition coefficient (Wildman–Crippen LogP) is 4.69. The second kappa shape index (κ2) is 5.46. The monoisotopic (exact) mass is 298 g/mol. The van der Waals surface area contributed by atoms with Gasteiger partial charge in [0.05, 0.1) is 5.02 Å². The number of hydrogen-bond acceptors (Lipinski definition) is 3. The number of rotatable bonds is 3. The van der Waals surface area contributed by atoms with Gasteiger partial charge in [-0.1, -0.05) is 41.9 Å². The zero-order valence-corrected chi connectivity index (χ0v) is 11.7. The van der Waals surface area contributed by atoms with E-state index in [4.69, 9.17) is 16.0 Å². The van der Waals surface area contributed by atoms with Crippen molar-refractivity contribution >= 4 is 34.4 Å². The number of carbonyl (C=O) groups is 1. The third kappa shape index (κ3) is 2.83. The van der Waals surface area contributed by atoms with Gasteiger partial charge in [-0.25, -0.2) is 0 Å². The number of fused-ring (bicyclic) bond motifs is 1. The molecule has 0 aliphatic heterocycles. The maximum atomic E-state index is 12.1. The van der Waals surface area contributed by atoms with E-state index in [0.29, 0.717) is 5.58 Å². The van der Waals surface area contributed by atoms with E-state index in [1.807, 2.05) is 24.3 Å². The molecule has 3 rings (SSSR count). The number of hydrogen-bond donors (Lipinski definition) is 1. The molecule has 0 aliphatic carbocycles. The zero-order chi connectivity index (χ0) is 14.8. The summed E-state index contributed by atoms with van der Waals surface area (Å²) in [4.78, 5) is 12.1. The first kappa shape index (κ1) is 13.5. The Hall–Kier alpha value is -2.52. The molecule has 0 atom stereocenters. The molecule has 0 unspecified atom stereocenters. The van der Waals surface area contributed by atoms with Crippen molar-refractivity contribution < 1.29 is 14.3 Å². The van der Waals surface area contributed by atoms with E-state index >= 15 is 0 Å². The van der Waals surface area contributed by atoms with Crippen molar-refractivity contribution in [2.45, 2.75) is 0 Å². The van der Waals surface area contributed by atoms with Crippen LogP contribution in [0.4, 0.5) is 0 Å². The fourth-order valence-electron chi connectivity index (χ4n) is 1.98. The van der Waals surface area contributed by atoms with Gasteiger partial charge in [0.2, 0.25) is 5.78 Å². The summed E-state index contributed by atoms with van der Waals surface area (Å²) in [5.41, 5.74) is 1.41. The number of benzene rings is 2. The summed E-state index contributed by atoms with van der Waals surface area (Å²) in [6, 6.07) is 13.9. The minimum atomic E-state index is -0.226. The third-order valence-corrected chi connectivity index (χ3v) is 3.37. The normalized spacial score (nSPS) is 11.3. The van der Waals surface area contributed by atoms with Crippen LogP contribution in [0.3, 0.4) is 0 Å². The van der Waals surface area contributed by atoms with Crippen LogP contribution in [0.2, 0.25) is 5.02 Å². The Morgan fingerprint density at radius 3 is 2.71 bits per heavy atom. The van der Waals surface area contributed by atoms with Gasteiger partial charge in [-0.3, -0.25) is 4.79 Å². The summed E-state index contributed by atoms with van der Waals surface area (Å²) < 4.78 is 5.49. The summed E-state index contributed by atoms with van der Waals surface area (Å²) in [7, 11) is 0. The average molecular weight is 299 g/mol. The van der Waals surface area contributed by atoms with E-state index in [1.54, 1.807) is 24.3 Å². The molecule has 0 amide bonds. The summed E-state index contributed by atoms with van der Waals surface area (Å²) in [5.74, 6) is 0.0742. The molecule has 1 aromatic heterocycles. The molecule has 0 saturated carbocycles. The van der Waals surface area contributed by atoms with Crippen LogP contribution in [0, 0.1) is 0 Å². The third-order valence-electron chi connectivity index (χ3n) is 3.07. The van der Waals surface area contributed by atoms with Crippen molar-refractivity contribution in [2.75, 3.05) is 0 Å². The van der Waals surface area contributed by atoms with Crippen LogP contribution in [0.15, 0.2) is 59.0 Å². The molecular weight excluding hydrogens is 288 g/mol. The molecule has 2 aromatic carbocycles. The van der Waals surface area contributed by atoms with Crippen LogP contribution in [-0.2, 0) is 0 Å². The number of ketones is 1. The Morgan fingerprint density at radius 2 is 1.95 bits per heavy atom. The van der Waals surface area contributed by atoms with Gasteiger partial charge in [-0.05, 0) is 35.9 Å². The van der Waals surface area contributed by atoms with Gasteiger partial charge in [-0.15, -0.1) is 0 Å². The first-order chi connectivity index (χ1) is 10.1. The fraction of sp³-hybridized carbons (Fsp3) is 0. The maximum absolute atomic E-state index is 12.1. The van der Waals surface area contributed by atoms with Gasteiger partial charge in [0, 0.05) is 5.39 Å². The van der Waals surface area contributed by atoms with E-state index in [9.17, 15) is 9.90 Å². The number of allylic oxidation sites excluding steroid dienone is 1. The Labute approximate surface area is 126 Å². The molecule has 3 aromatic rings. The molecule has 1 heterocycles. The van der Waals surface area contributed by atoms with E-state index in [0.717, 1.165) is 10.9 Å². The van der Waals surface area contributed by atoms with Crippen molar-refractivity contribution in [2.24, 2.45) is 0 Å². The highest BCUT2D eigenvalue weighted by Gasteiger charge is 2.09. The lowest BCUT2D eigenvalue weighted by atomic mass is 10.1. The molecule has 0 bridgehead atoms. The minimum Gasteiger partial charge on any atom is -0.506 e. The van der Waals surface area contributed by atoms with Crippen molar-refractivity contribution in [3.05, 3.63) is 71.0 Å². The lowest BCUT2D eigenvalue weighted by Gasteiger charge is -1.97. The predicted molar refractivity (Wildman–Crippen MR) is 82.7 cm³/mol. The van der Waals surface area contributed by atoms with E-state index in [2.05, 4.69) is 0 Å². The highest BCUT2D eigenvalue weighted by atomic mass is 35.5. The van der Waals surface area contributed by atoms with Crippen LogP contribution < -0.4 is 0 Å². The molecule has 0 saturated heterocycles. The van der Waals surface area contributed by atoms with Gasteiger partial charge in [0.1, 0.15) is 11.3 Å². The summed E-state index contributed by atoms with van der Waals surface area (Å²) >= 11 is 5.81. The van der Waals surface area contributed by atoms with E-state index in [-0.39, 0.29) is 22.3 Å². The Balaban J connectivity index is 1.84. The smallest absolute Gasteiger partial charge is 0.221 e. The first-order valence-corrected chi connectivity index (χ1v) is 6.71. The average Bonchev–Trinajstić information content (AvgIpc) is 2.92. The number of para-hydroxylation sites is 1. The van der Waals surface area contributed by atoms with Gasteiger partial charge in [-0.2, -0.15) is 0 Å². The highest BCUT2D eigenvalue weighted by Crippen LogP contribution is 2.24. The molecule has 3 nitrogen and oxygen atoms in total. The van der Waals surface area contributed by atoms with Crippen LogP contribution >= 0.6 is 11.6 Å². The largest absolute Gasteiger partial charge is 0.506 e. The summed E-state index contributed by atoms with van der Waals surface area (Å²) in [6.07, 6.45) is 3.04. The molecule has 4 heteroatoms. The maximum Gasteiger partial charge on any atom is 0.221 e. The summed E-state index contributed by atoms with van der Waals surface area (Å²) in [5, 5.41) is 10.5. The molecule has 0 fully saturated rings. The van der Waals surface area contributed by atoms with Crippen LogP contribution in [0.25, 0.3) is 17.0 Å². The SMILES string of the molecule is O=C(/C=C/c1ccc(O)c(Cl)c1)c1cc2ccccc2o1. The molecule has 0 spiro atoms. The van der Waals surface area contributed by atoms with Crippen LogP contribution in [0.1, 0.15) is 16.1 Å². The van der Waals surface area contributed by atoms with Crippen LogP contribution in [0.5, 0.6) is 5.75 Å². The number of phenols is 1. The Morgan fingerprint density at radius 1 is 1.14 bits per heavy atom. The molecule has 0 radical (unpaired) electrons. The van der Waals surface area contributed by atoms with E-state index in [1.165, 1.54) is 12.1 Å². The minimum absolute atomic E-state index is 0.0115. The van der Waals surface area contributed by atoms with Gasteiger partial charge in [0.15, 0.2) is 5.76 Å². The number of furan rings is 1. The lowest BCUT2D eigenvalue weighted by Crippen LogP contribution is -1.90. The van der Waals surface area contributed by atoms with Crippen LogP contribution in [-0.4, -0.2) is 10.9 Å². The van der Waals surface area contributed by atoms with Gasteiger partial charge < -0.3 is 9.52 Å². The number of halogens is 1. The van der Waals surface area contributed by atoms with Crippen molar-refractivity contribution in [3.8, 4) is 5.75 Å². The molecule has 104 valence electrons. The molecular formula is C17H11ClO3. The Kier molecular flexibility index (Phi) is 3.50. The molecule has 21 heavy (non-hydrogen) atoms. The zero-order valence-electron chi connectivity index (χ0n) is 10.9. The number of phenolic OH excluding ortho intramolecular Hbond substituents is 1. The Bertz CT molecular complexity index is 813. The topological polar surface area (TPSA) is 50.4 Å². The van der Waals surface area contributed by atoms with E-state index < -0.39 is 0 Å². The second-order valence-electron chi connectivity index (χ2n) is 4.56. The lowest BCUT2D eigenvalue weighted by molar-refractivity contribution is 0.102. The highest BCUT2D eigenvalue weighted by molar-refractivity contribution is 6.32. The first-order valence-electron chi connectivity index (χ1n) is 6.33.